The molecule has 1 fully saturated rings. The van der Waals surface area contributed by atoms with Crippen molar-refractivity contribution in [3.05, 3.63) is 52.9 Å². The Morgan fingerprint density at radius 1 is 1.35 bits per heavy atom. The molecular formula is C22H20N4O4S. The van der Waals surface area contributed by atoms with E-state index in [1.54, 1.807) is 22.5 Å². The van der Waals surface area contributed by atoms with Crippen LogP contribution in [0.15, 0.2) is 46.7 Å². The van der Waals surface area contributed by atoms with Crippen LogP contribution in [0.2, 0.25) is 0 Å². The standard InChI is InChI=1S/C22H20N4O4S/c1-2-10-29-22(28)26-8-6-15(7-9-26)21-25-18(13-31-21)20(27)24-17-5-3-4-16(11-17)19-12-23-14-30-19/h1,3-5,11-15H,6-10H2,(H,24,27). The Morgan fingerprint density at radius 2 is 2.19 bits per heavy atom. The van der Waals surface area contributed by atoms with Crippen molar-refractivity contribution in [2.75, 3.05) is 25.0 Å². The number of nitrogens with one attached hydrogen (secondary N) is 1. The maximum Gasteiger partial charge on any atom is 0.410 e. The Morgan fingerprint density at radius 3 is 2.94 bits per heavy atom. The number of oxazole rings is 1. The number of hydrogen-bond donors (Lipinski definition) is 1. The number of amides is 2. The maximum absolute atomic E-state index is 12.7. The highest BCUT2D eigenvalue weighted by atomic mass is 32.1. The number of benzene rings is 1. The second-order valence-electron chi connectivity index (χ2n) is 6.99. The van der Waals surface area contributed by atoms with Gasteiger partial charge in [0.05, 0.1) is 11.2 Å². The minimum atomic E-state index is -0.386. The molecule has 8 nitrogen and oxygen atoms in total. The first kappa shape index (κ1) is 20.6. The number of nitrogens with zero attached hydrogens (tertiary/aromatic N) is 3. The summed E-state index contributed by atoms with van der Waals surface area (Å²) in [6.07, 6.45) is 9.24. The maximum atomic E-state index is 12.7. The third-order valence-electron chi connectivity index (χ3n) is 4.97. The van der Waals surface area contributed by atoms with E-state index in [1.165, 1.54) is 17.7 Å². The molecule has 4 rings (SSSR count). The van der Waals surface area contributed by atoms with E-state index in [0.717, 1.165) is 23.4 Å². The first-order chi connectivity index (χ1) is 15.1. The molecule has 2 amide bonds. The average molecular weight is 436 g/mol. The molecule has 0 spiro atoms. The molecule has 1 saturated heterocycles. The van der Waals surface area contributed by atoms with E-state index >= 15 is 0 Å². The fourth-order valence-electron chi connectivity index (χ4n) is 3.39. The zero-order valence-corrected chi connectivity index (χ0v) is 17.4. The van der Waals surface area contributed by atoms with Crippen LogP contribution in [0.1, 0.15) is 34.3 Å². The lowest BCUT2D eigenvalue weighted by molar-refractivity contribution is 0.102. The molecule has 31 heavy (non-hydrogen) atoms. The number of hydrogen-bond acceptors (Lipinski definition) is 7. The number of likely N-dealkylation sites (tertiary alicyclic amines) is 1. The Hall–Kier alpha value is -3.64. The van der Waals surface area contributed by atoms with Crippen LogP contribution < -0.4 is 5.32 Å². The Balaban J connectivity index is 1.35. The molecule has 1 N–H and O–H groups in total. The number of carbonyl (C=O) groups is 2. The summed E-state index contributed by atoms with van der Waals surface area (Å²) in [5.74, 6) is 2.85. The van der Waals surface area contributed by atoms with Gasteiger partial charge in [-0.2, -0.15) is 0 Å². The van der Waals surface area contributed by atoms with E-state index in [2.05, 4.69) is 21.2 Å². The lowest BCUT2D eigenvalue weighted by Gasteiger charge is -2.30. The van der Waals surface area contributed by atoms with Gasteiger partial charge in [0.15, 0.2) is 18.8 Å². The van der Waals surface area contributed by atoms with Gasteiger partial charge in [0.2, 0.25) is 0 Å². The molecule has 158 valence electrons. The van der Waals surface area contributed by atoms with Gasteiger partial charge in [-0.3, -0.25) is 4.79 Å². The molecule has 0 aliphatic carbocycles. The van der Waals surface area contributed by atoms with Crippen molar-refractivity contribution in [3.63, 3.8) is 0 Å². The number of ether oxygens (including phenoxy) is 1. The minimum absolute atomic E-state index is 0.0228. The molecule has 0 radical (unpaired) electrons. The number of anilines is 1. The highest BCUT2D eigenvalue weighted by Crippen LogP contribution is 2.31. The zero-order chi connectivity index (χ0) is 21.6. The molecule has 1 aliphatic rings. The van der Waals surface area contributed by atoms with E-state index in [9.17, 15) is 9.59 Å². The van der Waals surface area contributed by atoms with Crippen LogP contribution >= 0.6 is 11.3 Å². The summed E-state index contributed by atoms with van der Waals surface area (Å²) < 4.78 is 10.3. The van der Waals surface area contributed by atoms with Gasteiger partial charge >= 0.3 is 6.09 Å². The van der Waals surface area contributed by atoms with Gasteiger partial charge in [-0.05, 0) is 25.0 Å². The van der Waals surface area contributed by atoms with Gasteiger partial charge < -0.3 is 19.4 Å². The number of piperidine rings is 1. The molecule has 0 atom stereocenters. The van der Waals surface area contributed by atoms with Crippen molar-refractivity contribution >= 4 is 29.0 Å². The van der Waals surface area contributed by atoms with Crippen molar-refractivity contribution in [2.45, 2.75) is 18.8 Å². The number of terminal acetylenes is 1. The lowest BCUT2D eigenvalue weighted by Crippen LogP contribution is -2.38. The van der Waals surface area contributed by atoms with Gasteiger partial charge in [-0.1, -0.05) is 18.1 Å². The van der Waals surface area contributed by atoms with E-state index < -0.39 is 0 Å². The molecule has 3 heterocycles. The summed E-state index contributed by atoms with van der Waals surface area (Å²) in [5, 5.41) is 5.54. The lowest BCUT2D eigenvalue weighted by atomic mass is 9.98. The highest BCUT2D eigenvalue weighted by Gasteiger charge is 2.27. The van der Waals surface area contributed by atoms with Crippen LogP contribution in [0.5, 0.6) is 0 Å². The first-order valence-electron chi connectivity index (χ1n) is 9.75. The van der Waals surface area contributed by atoms with Crippen LogP contribution in [0.25, 0.3) is 11.3 Å². The van der Waals surface area contributed by atoms with E-state index in [1.807, 2.05) is 18.2 Å². The summed E-state index contributed by atoms with van der Waals surface area (Å²) in [5.41, 5.74) is 1.84. The molecule has 1 aliphatic heterocycles. The number of carbonyl (C=O) groups excluding carboxylic acids is 2. The SMILES string of the molecule is C#CCOC(=O)N1CCC(c2nc(C(=O)Nc3cccc(-c4cnco4)c3)cs2)CC1. The topological polar surface area (TPSA) is 97.6 Å². The number of aromatic nitrogens is 2. The van der Waals surface area contributed by atoms with Crippen LogP contribution in [0, 0.1) is 12.3 Å². The van der Waals surface area contributed by atoms with Gasteiger partial charge in [0.25, 0.3) is 5.91 Å². The van der Waals surface area contributed by atoms with Crippen LogP contribution in [-0.2, 0) is 4.74 Å². The third kappa shape index (κ3) is 4.92. The Bertz CT molecular complexity index is 1090. The highest BCUT2D eigenvalue weighted by molar-refractivity contribution is 7.10. The monoisotopic (exact) mass is 436 g/mol. The predicted molar refractivity (Wildman–Crippen MR) is 116 cm³/mol. The largest absolute Gasteiger partial charge is 0.444 e. The molecule has 3 aromatic rings. The summed E-state index contributed by atoms with van der Waals surface area (Å²) in [7, 11) is 0. The third-order valence-corrected chi connectivity index (χ3v) is 5.98. The van der Waals surface area contributed by atoms with Crippen molar-refractivity contribution in [1.29, 1.82) is 0 Å². The summed E-state index contributed by atoms with van der Waals surface area (Å²) >= 11 is 1.46. The summed E-state index contributed by atoms with van der Waals surface area (Å²) in [6, 6.07) is 7.34. The van der Waals surface area contributed by atoms with Gasteiger partial charge in [-0.25, -0.2) is 14.8 Å². The fraction of sp³-hybridized carbons (Fsp3) is 0.273. The van der Waals surface area contributed by atoms with Gasteiger partial charge in [-0.15, -0.1) is 17.8 Å². The van der Waals surface area contributed by atoms with Crippen molar-refractivity contribution < 1.29 is 18.7 Å². The molecule has 2 aromatic heterocycles. The van der Waals surface area contributed by atoms with Crippen molar-refractivity contribution in [3.8, 4) is 23.7 Å². The molecule has 1 aromatic carbocycles. The second kappa shape index (κ2) is 9.45. The fourth-order valence-corrected chi connectivity index (χ4v) is 4.36. The zero-order valence-electron chi connectivity index (χ0n) is 16.6. The number of thiazole rings is 1. The normalized spacial score (nSPS) is 14.1. The van der Waals surface area contributed by atoms with Crippen molar-refractivity contribution in [1.82, 2.24) is 14.9 Å². The van der Waals surface area contributed by atoms with E-state index in [-0.39, 0.29) is 24.5 Å². The van der Waals surface area contributed by atoms with Crippen LogP contribution in [0.3, 0.4) is 0 Å². The summed E-state index contributed by atoms with van der Waals surface area (Å²) in [4.78, 5) is 34.7. The molecule has 0 saturated carbocycles. The van der Waals surface area contributed by atoms with Crippen molar-refractivity contribution in [2.24, 2.45) is 0 Å². The Kier molecular flexibility index (Phi) is 6.29. The van der Waals surface area contributed by atoms with E-state index in [0.29, 0.717) is 30.2 Å². The van der Waals surface area contributed by atoms with Gasteiger partial charge in [0.1, 0.15) is 5.69 Å². The summed E-state index contributed by atoms with van der Waals surface area (Å²) in [6.45, 7) is 1.12. The quantitative estimate of drug-likeness (QED) is 0.607. The minimum Gasteiger partial charge on any atom is -0.444 e. The van der Waals surface area contributed by atoms with Gasteiger partial charge in [0, 0.05) is 35.6 Å². The molecule has 9 heteroatoms. The molecular weight excluding hydrogens is 416 g/mol. The molecule has 0 bridgehead atoms. The smallest absolute Gasteiger partial charge is 0.410 e. The predicted octanol–water partition coefficient (Wildman–Crippen LogP) is 4.00. The average Bonchev–Trinajstić information content (AvgIpc) is 3.50. The number of rotatable bonds is 5. The van der Waals surface area contributed by atoms with Crippen LogP contribution in [0.4, 0.5) is 10.5 Å². The molecule has 0 unspecified atom stereocenters. The Labute approximate surface area is 183 Å². The van der Waals surface area contributed by atoms with Crippen LogP contribution in [-0.4, -0.2) is 46.6 Å². The second-order valence-corrected chi connectivity index (χ2v) is 7.88. The first-order valence-corrected chi connectivity index (χ1v) is 10.6. The van der Waals surface area contributed by atoms with E-state index in [4.69, 9.17) is 15.6 Å².